The lowest BCUT2D eigenvalue weighted by atomic mass is 10.0. The molecule has 2 N–H and O–H groups in total. The number of nitrogens with zero attached hydrogens (tertiary/aromatic N) is 3. The summed E-state index contributed by atoms with van der Waals surface area (Å²) in [5.74, 6) is 1.33. The van der Waals surface area contributed by atoms with Crippen molar-refractivity contribution in [1.29, 1.82) is 0 Å². The Kier molecular flexibility index (Phi) is 4.94. The smallest absolute Gasteiger partial charge is 0.255 e. The molecule has 120 valence electrons. The summed E-state index contributed by atoms with van der Waals surface area (Å²) in [6.45, 7) is 5.73. The van der Waals surface area contributed by atoms with E-state index in [0.29, 0.717) is 23.0 Å². The number of hydrogen-bond acceptors (Lipinski definition) is 4. The normalized spacial score (nSPS) is 23.0. The van der Waals surface area contributed by atoms with Gasteiger partial charge in [-0.2, -0.15) is 5.10 Å². The van der Waals surface area contributed by atoms with Crippen molar-refractivity contribution in [1.82, 2.24) is 25.4 Å². The largest absolute Gasteiger partial charge is 0.338 e. The number of fused-ring (bicyclic) bond motifs is 2. The van der Waals surface area contributed by atoms with Crippen LogP contribution < -0.4 is 5.32 Å². The van der Waals surface area contributed by atoms with Gasteiger partial charge in [0.2, 0.25) is 0 Å². The van der Waals surface area contributed by atoms with Gasteiger partial charge in [0.15, 0.2) is 5.65 Å². The van der Waals surface area contributed by atoms with Crippen molar-refractivity contribution in [2.24, 2.45) is 11.8 Å². The minimum atomic E-state index is 0. The lowest BCUT2D eigenvalue weighted by Gasteiger charge is -2.17. The van der Waals surface area contributed by atoms with E-state index in [1.807, 2.05) is 17.9 Å². The van der Waals surface area contributed by atoms with E-state index >= 15 is 0 Å². The van der Waals surface area contributed by atoms with Gasteiger partial charge < -0.3 is 10.2 Å². The van der Waals surface area contributed by atoms with E-state index in [-0.39, 0.29) is 30.7 Å². The molecule has 2 fully saturated rings. The summed E-state index contributed by atoms with van der Waals surface area (Å²) in [5.41, 5.74) is 2.28. The zero-order valence-corrected chi connectivity index (χ0v) is 13.8. The number of nitrogens with one attached hydrogen (secondary N) is 2. The zero-order valence-electron chi connectivity index (χ0n) is 12.2. The molecule has 4 rings (SSSR count). The van der Waals surface area contributed by atoms with Crippen LogP contribution in [0.1, 0.15) is 16.1 Å². The van der Waals surface area contributed by atoms with Crippen molar-refractivity contribution in [3.8, 4) is 0 Å². The highest BCUT2D eigenvalue weighted by Crippen LogP contribution is 2.27. The maximum atomic E-state index is 12.6. The highest BCUT2D eigenvalue weighted by atomic mass is 35.5. The first-order chi connectivity index (χ1) is 9.72. The van der Waals surface area contributed by atoms with Crippen LogP contribution in [0, 0.1) is 18.8 Å². The van der Waals surface area contributed by atoms with Crippen LogP contribution in [-0.2, 0) is 0 Å². The van der Waals surface area contributed by atoms with Gasteiger partial charge >= 0.3 is 0 Å². The van der Waals surface area contributed by atoms with Crippen LogP contribution in [0.3, 0.4) is 0 Å². The number of carbonyl (C=O) groups is 1. The number of aryl methyl sites for hydroxylation is 1. The van der Waals surface area contributed by atoms with Crippen molar-refractivity contribution in [3.63, 3.8) is 0 Å². The van der Waals surface area contributed by atoms with E-state index in [9.17, 15) is 4.79 Å². The third-order valence-corrected chi connectivity index (χ3v) is 4.52. The van der Waals surface area contributed by atoms with Crippen molar-refractivity contribution < 1.29 is 4.79 Å². The molecule has 6 nitrogen and oxygen atoms in total. The molecule has 2 atom stereocenters. The minimum Gasteiger partial charge on any atom is -0.338 e. The molecule has 0 bridgehead atoms. The molecule has 2 aliphatic rings. The van der Waals surface area contributed by atoms with Gasteiger partial charge in [0.05, 0.1) is 5.56 Å². The van der Waals surface area contributed by atoms with Gasteiger partial charge in [-0.15, -0.1) is 24.8 Å². The second-order valence-corrected chi connectivity index (χ2v) is 5.83. The Balaban J connectivity index is 0.000000882. The molecular weight excluding hydrogens is 325 g/mol. The average molecular weight is 344 g/mol. The van der Waals surface area contributed by atoms with Crippen molar-refractivity contribution in [3.05, 3.63) is 23.5 Å². The fourth-order valence-electron chi connectivity index (χ4n) is 3.34. The lowest BCUT2D eigenvalue weighted by Crippen LogP contribution is -2.31. The SMILES string of the molecule is Cc1[nH]nc2ncc(C(=O)N3C[C@H]4CNC[C@H]4C3)cc12.Cl.Cl. The van der Waals surface area contributed by atoms with Crippen molar-refractivity contribution >= 4 is 41.8 Å². The van der Waals surface area contributed by atoms with Gasteiger partial charge in [0.25, 0.3) is 5.91 Å². The average Bonchev–Trinajstić information content (AvgIpc) is 3.12. The standard InChI is InChI=1S/C14H17N5O.2ClH/c1-8-12-2-9(5-16-13(12)18-17-8)14(20)19-6-10-3-15-4-11(10)7-19;;/h2,5,10-11,15H,3-4,6-7H2,1H3,(H,16,17,18);2*1H/t10-,11+;;. The van der Waals surface area contributed by atoms with Gasteiger partial charge in [-0.3, -0.25) is 9.89 Å². The van der Waals surface area contributed by atoms with Crippen LogP contribution >= 0.6 is 24.8 Å². The Labute approximate surface area is 140 Å². The molecule has 0 aliphatic carbocycles. The Morgan fingerprint density at radius 3 is 2.64 bits per heavy atom. The van der Waals surface area contributed by atoms with Crippen LogP contribution in [0.15, 0.2) is 12.3 Å². The lowest BCUT2D eigenvalue weighted by molar-refractivity contribution is 0.0781. The number of H-pyrrole nitrogens is 1. The molecule has 0 radical (unpaired) electrons. The summed E-state index contributed by atoms with van der Waals surface area (Å²) in [6.07, 6.45) is 1.64. The summed E-state index contributed by atoms with van der Waals surface area (Å²) in [6, 6.07) is 1.90. The van der Waals surface area contributed by atoms with Crippen LogP contribution in [0.25, 0.3) is 11.0 Å². The molecule has 2 aromatic rings. The molecule has 0 unspecified atom stereocenters. The van der Waals surface area contributed by atoms with Gasteiger partial charge in [-0.05, 0) is 24.8 Å². The number of rotatable bonds is 1. The number of aromatic nitrogens is 3. The second-order valence-electron chi connectivity index (χ2n) is 5.83. The summed E-state index contributed by atoms with van der Waals surface area (Å²) in [5, 5.41) is 11.3. The maximum Gasteiger partial charge on any atom is 0.255 e. The third kappa shape index (κ3) is 2.66. The van der Waals surface area contributed by atoms with E-state index in [0.717, 1.165) is 37.3 Å². The zero-order chi connectivity index (χ0) is 13.7. The highest BCUT2D eigenvalue weighted by molar-refractivity contribution is 5.97. The van der Waals surface area contributed by atoms with Gasteiger partial charge in [0, 0.05) is 43.5 Å². The fraction of sp³-hybridized carbons (Fsp3) is 0.500. The number of carbonyl (C=O) groups excluding carboxylic acids is 1. The second kappa shape index (κ2) is 6.40. The number of amides is 1. The molecule has 0 aromatic carbocycles. The quantitative estimate of drug-likeness (QED) is 0.820. The molecule has 8 heteroatoms. The van der Waals surface area contributed by atoms with E-state index in [1.165, 1.54) is 0 Å². The number of pyridine rings is 1. The molecule has 0 saturated carbocycles. The summed E-state index contributed by atoms with van der Waals surface area (Å²) < 4.78 is 0. The molecule has 2 aliphatic heterocycles. The van der Waals surface area contributed by atoms with Crippen LogP contribution in [0.5, 0.6) is 0 Å². The molecule has 4 heterocycles. The number of halogens is 2. The minimum absolute atomic E-state index is 0. The highest BCUT2D eigenvalue weighted by Gasteiger charge is 2.38. The monoisotopic (exact) mass is 343 g/mol. The predicted molar refractivity (Wildman–Crippen MR) is 88.9 cm³/mol. The molecule has 1 amide bonds. The van der Waals surface area contributed by atoms with Crippen LogP contribution in [-0.4, -0.2) is 52.2 Å². The van der Waals surface area contributed by atoms with Crippen LogP contribution in [0.4, 0.5) is 0 Å². The van der Waals surface area contributed by atoms with E-state index in [4.69, 9.17) is 0 Å². The Bertz CT molecular complexity index is 677. The number of aromatic amines is 1. The van der Waals surface area contributed by atoms with E-state index in [2.05, 4.69) is 20.5 Å². The third-order valence-electron chi connectivity index (χ3n) is 4.52. The number of likely N-dealkylation sites (tertiary alicyclic amines) is 1. The van der Waals surface area contributed by atoms with E-state index in [1.54, 1.807) is 6.20 Å². The van der Waals surface area contributed by atoms with Gasteiger partial charge in [-0.25, -0.2) is 4.98 Å². The van der Waals surface area contributed by atoms with Gasteiger partial charge in [-0.1, -0.05) is 0 Å². The molecule has 2 aromatic heterocycles. The van der Waals surface area contributed by atoms with E-state index < -0.39 is 0 Å². The topological polar surface area (TPSA) is 73.9 Å². The fourth-order valence-corrected chi connectivity index (χ4v) is 3.34. The van der Waals surface area contributed by atoms with Crippen molar-refractivity contribution in [2.45, 2.75) is 6.92 Å². The summed E-state index contributed by atoms with van der Waals surface area (Å²) in [7, 11) is 0. The van der Waals surface area contributed by atoms with Gasteiger partial charge in [0.1, 0.15) is 0 Å². The van der Waals surface area contributed by atoms with Crippen molar-refractivity contribution in [2.75, 3.05) is 26.2 Å². The summed E-state index contributed by atoms with van der Waals surface area (Å²) >= 11 is 0. The molecule has 2 saturated heterocycles. The Morgan fingerprint density at radius 2 is 1.95 bits per heavy atom. The Hall–Kier alpha value is -1.37. The first kappa shape index (κ1) is 17.0. The van der Waals surface area contributed by atoms with Crippen LogP contribution in [0.2, 0.25) is 0 Å². The summed E-state index contributed by atoms with van der Waals surface area (Å²) in [4.78, 5) is 18.8. The Morgan fingerprint density at radius 1 is 1.27 bits per heavy atom. The molecule has 0 spiro atoms. The first-order valence-corrected chi connectivity index (χ1v) is 7.03. The first-order valence-electron chi connectivity index (χ1n) is 7.03. The number of hydrogen-bond donors (Lipinski definition) is 2. The molecular formula is C14H19Cl2N5O. The maximum absolute atomic E-state index is 12.6. The predicted octanol–water partition coefficient (Wildman–Crippen LogP) is 1.40. The molecule has 22 heavy (non-hydrogen) atoms.